The van der Waals surface area contributed by atoms with Crippen LogP contribution in [0.5, 0.6) is 0 Å². The topological polar surface area (TPSA) is 77.5 Å². The highest BCUT2D eigenvalue weighted by atomic mass is 127. The molecule has 2 fully saturated rings. The molecule has 1 N–H and O–H groups in total. The molecule has 8 nitrogen and oxygen atoms in total. The molecular weight excluding hydrogens is 449 g/mol. The average molecular weight is 481 g/mol. The van der Waals surface area contributed by atoms with Crippen molar-refractivity contribution in [2.24, 2.45) is 16.8 Å². The Bertz CT molecular complexity index is 509. The Morgan fingerprint density at radius 1 is 1.15 bits per heavy atom. The van der Waals surface area contributed by atoms with E-state index in [1.807, 2.05) is 4.90 Å². The maximum Gasteiger partial charge on any atom is 0.310 e. The van der Waals surface area contributed by atoms with Crippen LogP contribution in [0.25, 0.3) is 0 Å². The van der Waals surface area contributed by atoms with Gasteiger partial charge in [0, 0.05) is 66.3 Å². The Kier molecular flexibility index (Phi) is 9.62. The maximum absolute atomic E-state index is 11.8. The van der Waals surface area contributed by atoms with Gasteiger partial charge in [0.05, 0.1) is 13.0 Å². The second-order valence-corrected chi connectivity index (χ2v) is 6.83. The zero-order valence-corrected chi connectivity index (χ0v) is 18.6. The zero-order valence-electron chi connectivity index (χ0n) is 16.2. The van der Waals surface area contributed by atoms with Crippen molar-refractivity contribution in [1.82, 2.24) is 20.0 Å². The molecule has 26 heavy (non-hydrogen) atoms. The lowest BCUT2D eigenvalue weighted by molar-refractivity contribution is -0.146. The van der Waals surface area contributed by atoms with E-state index in [0.29, 0.717) is 6.54 Å². The number of ether oxygens (including phenoxy) is 1. The van der Waals surface area contributed by atoms with Gasteiger partial charge < -0.3 is 19.9 Å². The van der Waals surface area contributed by atoms with Gasteiger partial charge in [-0.15, -0.1) is 24.0 Å². The third-order valence-corrected chi connectivity index (χ3v) is 5.16. The van der Waals surface area contributed by atoms with Gasteiger partial charge in [-0.1, -0.05) is 6.92 Å². The van der Waals surface area contributed by atoms with Gasteiger partial charge in [-0.25, -0.2) is 0 Å². The molecule has 9 heteroatoms. The Morgan fingerprint density at radius 3 is 2.35 bits per heavy atom. The fourth-order valence-electron chi connectivity index (χ4n) is 3.54. The Labute approximate surface area is 173 Å². The number of likely N-dealkylation sites (tertiary alicyclic amines) is 1. The number of nitrogens with zero attached hydrogens (tertiary/aromatic N) is 4. The molecule has 2 heterocycles. The molecule has 2 aliphatic heterocycles. The fraction of sp³-hybridized carbons (Fsp3) is 0.824. The van der Waals surface area contributed by atoms with Crippen LogP contribution in [0.3, 0.4) is 0 Å². The zero-order chi connectivity index (χ0) is 18.4. The molecule has 2 atom stereocenters. The summed E-state index contributed by atoms with van der Waals surface area (Å²) < 4.78 is 4.89. The highest BCUT2D eigenvalue weighted by Gasteiger charge is 2.36. The van der Waals surface area contributed by atoms with E-state index in [9.17, 15) is 9.59 Å². The Balaban J connectivity index is 0.00000338. The second-order valence-electron chi connectivity index (χ2n) is 6.83. The summed E-state index contributed by atoms with van der Waals surface area (Å²) in [6.45, 7) is 10.3. The van der Waals surface area contributed by atoms with E-state index in [4.69, 9.17) is 4.74 Å². The van der Waals surface area contributed by atoms with Crippen molar-refractivity contribution >= 4 is 41.8 Å². The largest absolute Gasteiger partial charge is 0.469 e. The molecule has 0 radical (unpaired) electrons. The van der Waals surface area contributed by atoms with E-state index < -0.39 is 0 Å². The van der Waals surface area contributed by atoms with Crippen LogP contribution in [-0.2, 0) is 14.3 Å². The average Bonchev–Trinajstić information content (AvgIpc) is 3.00. The molecule has 0 spiro atoms. The monoisotopic (exact) mass is 481 g/mol. The molecule has 2 aliphatic rings. The first kappa shape index (κ1) is 22.9. The molecule has 0 aromatic rings. The van der Waals surface area contributed by atoms with Gasteiger partial charge in [0.1, 0.15) is 0 Å². The Hall–Kier alpha value is -1.10. The van der Waals surface area contributed by atoms with Gasteiger partial charge in [0.25, 0.3) is 0 Å². The quantitative estimate of drug-likeness (QED) is 0.266. The van der Waals surface area contributed by atoms with Gasteiger partial charge in [0.15, 0.2) is 5.96 Å². The van der Waals surface area contributed by atoms with Gasteiger partial charge in [-0.3, -0.25) is 19.5 Å². The lowest BCUT2D eigenvalue weighted by Crippen LogP contribution is -2.50. The minimum Gasteiger partial charge on any atom is -0.469 e. The number of esters is 1. The molecule has 0 bridgehead atoms. The van der Waals surface area contributed by atoms with Crippen LogP contribution in [0.2, 0.25) is 0 Å². The highest BCUT2D eigenvalue weighted by Crippen LogP contribution is 2.23. The summed E-state index contributed by atoms with van der Waals surface area (Å²) in [5, 5.41) is 3.39. The predicted molar refractivity (Wildman–Crippen MR) is 112 cm³/mol. The number of carbonyl (C=O) groups is 2. The number of halogens is 1. The van der Waals surface area contributed by atoms with Crippen LogP contribution in [0.4, 0.5) is 0 Å². The second kappa shape index (κ2) is 10.9. The van der Waals surface area contributed by atoms with E-state index in [1.165, 1.54) is 7.11 Å². The number of nitrogens with one attached hydrogen (secondary N) is 1. The number of hydrogen-bond acceptors (Lipinski definition) is 5. The van der Waals surface area contributed by atoms with Crippen molar-refractivity contribution in [3.05, 3.63) is 0 Å². The van der Waals surface area contributed by atoms with E-state index in [0.717, 1.165) is 51.8 Å². The predicted octanol–water partition coefficient (Wildman–Crippen LogP) is 0.0848. The summed E-state index contributed by atoms with van der Waals surface area (Å²) in [5.41, 5.74) is 0. The van der Waals surface area contributed by atoms with Crippen LogP contribution >= 0.6 is 24.0 Å². The molecular formula is C17H32IN5O3. The number of carbonyl (C=O) groups excluding carboxylic acids is 2. The van der Waals surface area contributed by atoms with Crippen LogP contribution < -0.4 is 5.32 Å². The molecule has 2 rings (SSSR count). The van der Waals surface area contributed by atoms with Crippen LogP contribution in [-0.4, -0.2) is 99.1 Å². The van der Waals surface area contributed by atoms with Gasteiger partial charge in [-0.2, -0.15) is 0 Å². The summed E-state index contributed by atoms with van der Waals surface area (Å²) in [7, 11) is 3.21. The van der Waals surface area contributed by atoms with Crippen LogP contribution in [0.15, 0.2) is 4.99 Å². The van der Waals surface area contributed by atoms with Crippen molar-refractivity contribution in [1.29, 1.82) is 0 Å². The number of piperazine rings is 1. The van der Waals surface area contributed by atoms with Crippen LogP contribution in [0, 0.1) is 11.8 Å². The van der Waals surface area contributed by atoms with E-state index in [1.54, 1.807) is 14.0 Å². The number of methoxy groups -OCH3 is 1. The summed E-state index contributed by atoms with van der Waals surface area (Å²) in [5.74, 6) is 1.00. The number of guanidine groups is 1. The molecule has 2 saturated heterocycles. The van der Waals surface area contributed by atoms with Crippen molar-refractivity contribution in [2.45, 2.75) is 13.8 Å². The third-order valence-electron chi connectivity index (χ3n) is 5.16. The number of rotatable bonds is 4. The molecule has 0 aromatic carbocycles. The first-order chi connectivity index (χ1) is 12.0. The number of hydrogen-bond donors (Lipinski definition) is 1. The van der Waals surface area contributed by atoms with E-state index in [2.05, 4.69) is 27.0 Å². The van der Waals surface area contributed by atoms with Gasteiger partial charge in [-0.05, 0) is 5.92 Å². The number of aliphatic imine (C=N–C) groups is 1. The summed E-state index contributed by atoms with van der Waals surface area (Å²) in [4.78, 5) is 33.9. The summed E-state index contributed by atoms with van der Waals surface area (Å²) in [6.07, 6.45) is 0. The van der Waals surface area contributed by atoms with Gasteiger partial charge >= 0.3 is 5.97 Å². The minimum atomic E-state index is -0.145. The molecule has 150 valence electrons. The molecule has 0 aliphatic carbocycles. The third kappa shape index (κ3) is 5.97. The lowest BCUT2D eigenvalue weighted by atomic mass is 9.99. The smallest absolute Gasteiger partial charge is 0.310 e. The molecule has 1 amide bonds. The summed E-state index contributed by atoms with van der Waals surface area (Å²) in [6, 6.07) is 0. The normalized spacial score (nSPS) is 24.2. The van der Waals surface area contributed by atoms with Crippen molar-refractivity contribution in [3.8, 4) is 0 Å². The highest BCUT2D eigenvalue weighted by molar-refractivity contribution is 14.0. The van der Waals surface area contributed by atoms with E-state index in [-0.39, 0.29) is 47.7 Å². The maximum atomic E-state index is 11.8. The van der Waals surface area contributed by atoms with Crippen molar-refractivity contribution in [2.75, 3.05) is 66.5 Å². The molecule has 0 aromatic heterocycles. The first-order valence-corrected chi connectivity index (χ1v) is 8.97. The standard InChI is InChI=1S/C17H31N5O3.HI/c1-13-11-22(12-15(13)16(24)25-4)17(18-3)19-5-6-20-7-9-21(10-8-20)14(2)23;/h13,15H,5-12H2,1-4H3,(H,18,19);1H. The molecule has 0 saturated carbocycles. The lowest BCUT2D eigenvalue weighted by Gasteiger charge is -2.34. The minimum absolute atomic E-state index is 0. The first-order valence-electron chi connectivity index (χ1n) is 8.97. The van der Waals surface area contributed by atoms with Crippen LogP contribution in [0.1, 0.15) is 13.8 Å². The van der Waals surface area contributed by atoms with E-state index >= 15 is 0 Å². The molecule has 2 unspecified atom stereocenters. The SMILES string of the molecule is CN=C(NCCN1CCN(C(C)=O)CC1)N1CC(C)C(C(=O)OC)C1.I. The van der Waals surface area contributed by atoms with Crippen molar-refractivity contribution in [3.63, 3.8) is 0 Å². The Morgan fingerprint density at radius 2 is 1.81 bits per heavy atom. The number of amides is 1. The van der Waals surface area contributed by atoms with Gasteiger partial charge in [0.2, 0.25) is 5.91 Å². The fourth-order valence-corrected chi connectivity index (χ4v) is 3.54. The summed E-state index contributed by atoms with van der Waals surface area (Å²) >= 11 is 0. The van der Waals surface area contributed by atoms with Crippen molar-refractivity contribution < 1.29 is 14.3 Å².